The number of benzene rings is 1. The van der Waals surface area contributed by atoms with Gasteiger partial charge in [0.15, 0.2) is 0 Å². The van der Waals surface area contributed by atoms with Crippen LogP contribution in [0, 0.1) is 27.7 Å². The number of aromatic nitrogens is 1. The fourth-order valence-corrected chi connectivity index (χ4v) is 2.54. The lowest BCUT2D eigenvalue weighted by Crippen LogP contribution is -2.29. The van der Waals surface area contributed by atoms with Crippen LogP contribution in [0.1, 0.15) is 39.7 Å². The molecule has 0 spiro atoms. The Morgan fingerprint density at radius 3 is 2.16 bits per heavy atom. The van der Waals surface area contributed by atoms with Crippen LogP contribution < -0.4 is 11.3 Å². The van der Waals surface area contributed by atoms with Gasteiger partial charge in [0.05, 0.1) is 6.04 Å². The van der Waals surface area contributed by atoms with Crippen molar-refractivity contribution >= 4 is 0 Å². The van der Waals surface area contributed by atoms with E-state index in [0.717, 1.165) is 17.0 Å². The normalized spacial score (nSPS) is 12.5. The molecule has 1 heterocycles. The number of hydrazine groups is 1. The van der Waals surface area contributed by atoms with Crippen LogP contribution in [0.2, 0.25) is 0 Å². The van der Waals surface area contributed by atoms with E-state index in [-0.39, 0.29) is 6.04 Å². The third-order valence-corrected chi connectivity index (χ3v) is 3.32. The van der Waals surface area contributed by atoms with Gasteiger partial charge in [0.2, 0.25) is 0 Å². The molecule has 0 saturated heterocycles. The minimum Gasteiger partial charge on any atom is -0.271 e. The minimum atomic E-state index is -0.0216. The number of aryl methyl sites for hydroxylation is 4. The highest BCUT2D eigenvalue weighted by molar-refractivity contribution is 5.38. The summed E-state index contributed by atoms with van der Waals surface area (Å²) in [4.78, 5) is 4.52. The largest absolute Gasteiger partial charge is 0.271 e. The predicted molar refractivity (Wildman–Crippen MR) is 78.8 cm³/mol. The molecule has 0 aliphatic heterocycles. The van der Waals surface area contributed by atoms with Crippen LogP contribution >= 0.6 is 0 Å². The molecule has 2 aromatic rings. The van der Waals surface area contributed by atoms with Crippen molar-refractivity contribution in [3.8, 4) is 0 Å². The molecule has 3 heteroatoms. The van der Waals surface area contributed by atoms with Crippen LogP contribution in [0.25, 0.3) is 0 Å². The predicted octanol–water partition coefficient (Wildman–Crippen LogP) is 2.87. The molecule has 0 amide bonds. The SMILES string of the molecule is Cc1cc(C)cc(C(NN)c2ccc(C)nc2C)c1. The molecule has 100 valence electrons. The molecule has 0 aliphatic carbocycles. The molecule has 1 aromatic carbocycles. The topological polar surface area (TPSA) is 50.9 Å². The van der Waals surface area contributed by atoms with E-state index in [0.29, 0.717) is 0 Å². The smallest absolute Gasteiger partial charge is 0.0727 e. The van der Waals surface area contributed by atoms with Gasteiger partial charge in [-0.05, 0) is 44.9 Å². The van der Waals surface area contributed by atoms with Crippen LogP contribution in [0.3, 0.4) is 0 Å². The third-order valence-electron chi connectivity index (χ3n) is 3.32. The van der Waals surface area contributed by atoms with Gasteiger partial charge in [-0.2, -0.15) is 0 Å². The minimum absolute atomic E-state index is 0.0216. The Labute approximate surface area is 114 Å². The van der Waals surface area contributed by atoms with Crippen LogP contribution in [0.4, 0.5) is 0 Å². The van der Waals surface area contributed by atoms with Gasteiger partial charge < -0.3 is 0 Å². The molecule has 0 radical (unpaired) electrons. The van der Waals surface area contributed by atoms with Crippen LogP contribution in [-0.4, -0.2) is 4.98 Å². The second-order valence-corrected chi connectivity index (χ2v) is 5.15. The Morgan fingerprint density at radius 1 is 1.00 bits per heavy atom. The second-order valence-electron chi connectivity index (χ2n) is 5.15. The summed E-state index contributed by atoms with van der Waals surface area (Å²) in [6.07, 6.45) is 0. The van der Waals surface area contributed by atoms with Crippen molar-refractivity contribution in [1.82, 2.24) is 10.4 Å². The summed E-state index contributed by atoms with van der Waals surface area (Å²) in [7, 11) is 0. The monoisotopic (exact) mass is 255 g/mol. The van der Waals surface area contributed by atoms with E-state index in [9.17, 15) is 0 Å². The Kier molecular flexibility index (Phi) is 3.98. The van der Waals surface area contributed by atoms with Gasteiger partial charge >= 0.3 is 0 Å². The lowest BCUT2D eigenvalue weighted by molar-refractivity contribution is 0.629. The van der Waals surface area contributed by atoms with E-state index in [1.165, 1.54) is 16.7 Å². The summed E-state index contributed by atoms with van der Waals surface area (Å²) in [6.45, 7) is 8.22. The molecule has 1 aromatic heterocycles. The molecule has 1 atom stereocenters. The number of nitrogens with one attached hydrogen (secondary N) is 1. The number of rotatable bonds is 3. The van der Waals surface area contributed by atoms with E-state index in [1.54, 1.807) is 0 Å². The molecule has 2 rings (SSSR count). The lowest BCUT2D eigenvalue weighted by Gasteiger charge is -2.20. The first-order valence-corrected chi connectivity index (χ1v) is 6.49. The van der Waals surface area contributed by atoms with E-state index < -0.39 is 0 Å². The zero-order valence-electron chi connectivity index (χ0n) is 12.0. The maximum atomic E-state index is 5.77. The highest BCUT2D eigenvalue weighted by Gasteiger charge is 2.16. The summed E-state index contributed by atoms with van der Waals surface area (Å²) in [5, 5.41) is 0. The van der Waals surface area contributed by atoms with Crippen molar-refractivity contribution in [3.63, 3.8) is 0 Å². The van der Waals surface area contributed by atoms with Gasteiger partial charge in [0.25, 0.3) is 0 Å². The zero-order valence-corrected chi connectivity index (χ0v) is 12.0. The second kappa shape index (κ2) is 5.51. The molecule has 3 N–H and O–H groups in total. The highest BCUT2D eigenvalue weighted by atomic mass is 15.2. The van der Waals surface area contributed by atoms with Crippen molar-refractivity contribution in [3.05, 3.63) is 64.0 Å². The highest BCUT2D eigenvalue weighted by Crippen LogP contribution is 2.25. The van der Waals surface area contributed by atoms with Crippen molar-refractivity contribution in [1.29, 1.82) is 0 Å². The first-order chi connectivity index (χ1) is 9.01. The molecular weight excluding hydrogens is 234 g/mol. The van der Waals surface area contributed by atoms with Gasteiger partial charge in [-0.15, -0.1) is 0 Å². The summed E-state index contributed by atoms with van der Waals surface area (Å²) in [6, 6.07) is 10.6. The van der Waals surface area contributed by atoms with Crippen molar-refractivity contribution in [2.75, 3.05) is 0 Å². The fourth-order valence-electron chi connectivity index (χ4n) is 2.54. The van der Waals surface area contributed by atoms with Gasteiger partial charge in [-0.3, -0.25) is 10.8 Å². The van der Waals surface area contributed by atoms with Gasteiger partial charge in [-0.25, -0.2) is 5.43 Å². The van der Waals surface area contributed by atoms with Gasteiger partial charge in [0, 0.05) is 11.4 Å². The first-order valence-electron chi connectivity index (χ1n) is 6.49. The summed E-state index contributed by atoms with van der Waals surface area (Å²) >= 11 is 0. The quantitative estimate of drug-likeness (QED) is 0.655. The Morgan fingerprint density at radius 2 is 1.63 bits per heavy atom. The van der Waals surface area contributed by atoms with Crippen molar-refractivity contribution in [2.45, 2.75) is 33.7 Å². The summed E-state index contributed by atoms with van der Waals surface area (Å²) in [5.41, 5.74) is 9.74. The number of nitrogens with zero attached hydrogens (tertiary/aromatic N) is 1. The zero-order chi connectivity index (χ0) is 14.0. The molecule has 0 fully saturated rings. The number of hydrogen-bond donors (Lipinski definition) is 2. The number of hydrogen-bond acceptors (Lipinski definition) is 3. The molecule has 0 saturated carbocycles. The maximum absolute atomic E-state index is 5.77. The summed E-state index contributed by atoms with van der Waals surface area (Å²) in [5.74, 6) is 5.77. The standard InChI is InChI=1S/C16H21N3/c1-10-7-11(2)9-14(8-10)16(19-17)15-6-5-12(3)18-13(15)4/h5-9,16,19H,17H2,1-4H3. The Bertz CT molecular complexity index is 570. The number of nitrogens with two attached hydrogens (primary N) is 1. The van der Waals surface area contributed by atoms with Crippen LogP contribution in [0.15, 0.2) is 30.3 Å². The maximum Gasteiger partial charge on any atom is 0.0727 e. The molecular formula is C16H21N3. The average molecular weight is 255 g/mol. The van der Waals surface area contributed by atoms with Crippen molar-refractivity contribution < 1.29 is 0 Å². The number of pyridine rings is 1. The van der Waals surface area contributed by atoms with E-state index >= 15 is 0 Å². The molecule has 3 nitrogen and oxygen atoms in total. The van der Waals surface area contributed by atoms with E-state index in [2.05, 4.69) is 48.5 Å². The van der Waals surface area contributed by atoms with Crippen LogP contribution in [0.5, 0.6) is 0 Å². The Balaban J connectivity index is 2.49. The van der Waals surface area contributed by atoms with Gasteiger partial charge in [0.1, 0.15) is 0 Å². The van der Waals surface area contributed by atoms with Crippen LogP contribution in [-0.2, 0) is 0 Å². The summed E-state index contributed by atoms with van der Waals surface area (Å²) < 4.78 is 0. The first kappa shape index (κ1) is 13.7. The molecule has 19 heavy (non-hydrogen) atoms. The van der Waals surface area contributed by atoms with Crippen molar-refractivity contribution in [2.24, 2.45) is 5.84 Å². The van der Waals surface area contributed by atoms with Gasteiger partial charge in [-0.1, -0.05) is 35.4 Å². The Hall–Kier alpha value is -1.71. The molecule has 0 bridgehead atoms. The van der Waals surface area contributed by atoms with E-state index in [1.807, 2.05) is 19.9 Å². The average Bonchev–Trinajstić information content (AvgIpc) is 2.31. The van der Waals surface area contributed by atoms with E-state index in [4.69, 9.17) is 5.84 Å². The fraction of sp³-hybridized carbons (Fsp3) is 0.312. The lowest BCUT2D eigenvalue weighted by atomic mass is 9.95. The molecule has 0 aliphatic rings. The molecule has 1 unspecified atom stereocenters. The third kappa shape index (κ3) is 3.00.